The average molecular weight is 242 g/mol. The van der Waals surface area contributed by atoms with Gasteiger partial charge in [0.2, 0.25) is 0 Å². The van der Waals surface area contributed by atoms with Gasteiger partial charge in [-0.3, -0.25) is 0 Å². The van der Waals surface area contributed by atoms with Crippen molar-refractivity contribution in [3.8, 4) is 22.6 Å². The van der Waals surface area contributed by atoms with Crippen LogP contribution in [0, 0.1) is 0 Å². The molecule has 0 aliphatic carbocycles. The van der Waals surface area contributed by atoms with Gasteiger partial charge in [-0.15, -0.1) is 0 Å². The fourth-order valence-corrected chi connectivity index (χ4v) is 2.34. The summed E-state index contributed by atoms with van der Waals surface area (Å²) in [6, 6.07) is 11.0. The second kappa shape index (κ2) is 5.13. The largest absolute Gasteiger partial charge is 0.507 e. The van der Waals surface area contributed by atoms with E-state index >= 15 is 0 Å². The van der Waals surface area contributed by atoms with Crippen LogP contribution in [0.3, 0.4) is 0 Å². The second-order valence-corrected chi connectivity index (χ2v) is 4.33. The van der Waals surface area contributed by atoms with Gasteiger partial charge in [0.05, 0.1) is 0 Å². The van der Waals surface area contributed by atoms with Crippen LogP contribution in [-0.2, 0) is 12.8 Å². The molecule has 0 aliphatic heterocycles. The molecular weight excluding hydrogens is 224 g/mol. The van der Waals surface area contributed by atoms with E-state index in [2.05, 4.69) is 0 Å². The van der Waals surface area contributed by atoms with Crippen LogP contribution in [0.25, 0.3) is 11.1 Å². The summed E-state index contributed by atoms with van der Waals surface area (Å²) < 4.78 is 0. The minimum atomic E-state index is 0.227. The maximum Gasteiger partial charge on any atom is 0.123 e. The standard InChI is InChI=1S/C16H18O2/c1-3-11-7-5-9-13(17)15(11)16-12(4-2)8-6-10-14(16)18/h5-10,17-18H,3-4H2,1-2H3. The van der Waals surface area contributed by atoms with Crippen LogP contribution in [0.5, 0.6) is 11.5 Å². The Hall–Kier alpha value is -1.96. The molecule has 0 unspecified atom stereocenters. The van der Waals surface area contributed by atoms with Gasteiger partial charge in [-0.25, -0.2) is 0 Å². The molecule has 2 rings (SSSR count). The van der Waals surface area contributed by atoms with E-state index in [1.807, 2.05) is 38.1 Å². The lowest BCUT2D eigenvalue weighted by atomic mass is 9.91. The Labute approximate surface area is 108 Å². The molecule has 0 spiro atoms. The minimum absolute atomic E-state index is 0.227. The zero-order valence-corrected chi connectivity index (χ0v) is 10.8. The van der Waals surface area contributed by atoms with Gasteiger partial charge in [0.1, 0.15) is 11.5 Å². The smallest absolute Gasteiger partial charge is 0.123 e. The van der Waals surface area contributed by atoms with Crippen LogP contribution in [0.4, 0.5) is 0 Å². The highest BCUT2D eigenvalue weighted by molar-refractivity contribution is 5.80. The molecule has 2 aromatic carbocycles. The Balaban J connectivity index is 2.76. The number of benzene rings is 2. The maximum atomic E-state index is 10.1. The first-order valence-electron chi connectivity index (χ1n) is 6.31. The quantitative estimate of drug-likeness (QED) is 0.857. The lowest BCUT2D eigenvalue weighted by Gasteiger charge is -2.15. The first-order chi connectivity index (χ1) is 8.69. The van der Waals surface area contributed by atoms with Gasteiger partial charge < -0.3 is 10.2 Å². The van der Waals surface area contributed by atoms with Crippen molar-refractivity contribution in [2.75, 3.05) is 0 Å². The van der Waals surface area contributed by atoms with Gasteiger partial charge in [-0.2, -0.15) is 0 Å². The molecule has 0 amide bonds. The Bertz CT molecular complexity index is 508. The molecular formula is C16H18O2. The van der Waals surface area contributed by atoms with Crippen molar-refractivity contribution in [1.29, 1.82) is 0 Å². The monoisotopic (exact) mass is 242 g/mol. The summed E-state index contributed by atoms with van der Waals surface area (Å²) >= 11 is 0. The van der Waals surface area contributed by atoms with E-state index in [-0.39, 0.29) is 11.5 Å². The molecule has 0 aliphatic rings. The fraction of sp³-hybridized carbons (Fsp3) is 0.250. The SMILES string of the molecule is CCc1cccc(O)c1-c1c(O)cccc1CC. The summed E-state index contributed by atoms with van der Waals surface area (Å²) in [5.41, 5.74) is 3.61. The zero-order valence-electron chi connectivity index (χ0n) is 10.8. The van der Waals surface area contributed by atoms with Gasteiger partial charge in [0.15, 0.2) is 0 Å². The molecule has 18 heavy (non-hydrogen) atoms. The van der Waals surface area contributed by atoms with Crippen molar-refractivity contribution in [2.45, 2.75) is 26.7 Å². The molecule has 0 radical (unpaired) electrons. The Morgan fingerprint density at radius 2 is 1.11 bits per heavy atom. The van der Waals surface area contributed by atoms with E-state index in [9.17, 15) is 10.2 Å². The van der Waals surface area contributed by atoms with E-state index in [0.717, 1.165) is 35.1 Å². The second-order valence-electron chi connectivity index (χ2n) is 4.33. The molecule has 2 N–H and O–H groups in total. The number of phenolic OH excluding ortho intramolecular Hbond substituents is 2. The van der Waals surface area contributed by atoms with Crippen LogP contribution in [0.1, 0.15) is 25.0 Å². The third-order valence-corrected chi connectivity index (χ3v) is 3.27. The maximum absolute atomic E-state index is 10.1. The lowest BCUT2D eigenvalue weighted by Crippen LogP contribution is -1.93. The Morgan fingerprint density at radius 1 is 0.722 bits per heavy atom. The third-order valence-electron chi connectivity index (χ3n) is 3.27. The summed E-state index contributed by atoms with van der Waals surface area (Å²) in [6.07, 6.45) is 1.64. The molecule has 0 saturated carbocycles. The van der Waals surface area contributed by atoms with Crippen molar-refractivity contribution in [3.05, 3.63) is 47.5 Å². The highest BCUT2D eigenvalue weighted by atomic mass is 16.3. The summed E-state index contributed by atoms with van der Waals surface area (Å²) in [6.45, 7) is 4.09. The molecule has 0 aromatic heterocycles. The van der Waals surface area contributed by atoms with Crippen molar-refractivity contribution >= 4 is 0 Å². The van der Waals surface area contributed by atoms with E-state index in [1.54, 1.807) is 12.1 Å². The topological polar surface area (TPSA) is 40.5 Å². The minimum Gasteiger partial charge on any atom is -0.507 e. The number of rotatable bonds is 3. The molecule has 0 fully saturated rings. The van der Waals surface area contributed by atoms with Crippen LogP contribution in [-0.4, -0.2) is 10.2 Å². The van der Waals surface area contributed by atoms with E-state index in [0.29, 0.717) is 0 Å². The van der Waals surface area contributed by atoms with E-state index in [4.69, 9.17) is 0 Å². The van der Waals surface area contributed by atoms with Crippen molar-refractivity contribution in [1.82, 2.24) is 0 Å². The van der Waals surface area contributed by atoms with Gasteiger partial charge in [-0.1, -0.05) is 38.1 Å². The first-order valence-corrected chi connectivity index (χ1v) is 6.31. The highest BCUT2D eigenvalue weighted by Gasteiger charge is 2.15. The fourth-order valence-electron chi connectivity index (χ4n) is 2.34. The van der Waals surface area contributed by atoms with Gasteiger partial charge in [0, 0.05) is 11.1 Å². The number of phenols is 2. The molecule has 0 heterocycles. The normalized spacial score (nSPS) is 10.6. The van der Waals surface area contributed by atoms with Crippen LogP contribution in [0.15, 0.2) is 36.4 Å². The van der Waals surface area contributed by atoms with Gasteiger partial charge >= 0.3 is 0 Å². The summed E-state index contributed by atoms with van der Waals surface area (Å²) in [7, 11) is 0. The average Bonchev–Trinajstić information content (AvgIpc) is 2.38. The van der Waals surface area contributed by atoms with Gasteiger partial charge in [0.25, 0.3) is 0 Å². The highest BCUT2D eigenvalue weighted by Crippen LogP contribution is 2.40. The predicted molar refractivity (Wildman–Crippen MR) is 74.0 cm³/mol. The first kappa shape index (κ1) is 12.5. The van der Waals surface area contributed by atoms with Crippen molar-refractivity contribution < 1.29 is 10.2 Å². The molecule has 0 atom stereocenters. The number of hydrogen-bond acceptors (Lipinski definition) is 2. The lowest BCUT2D eigenvalue weighted by molar-refractivity contribution is 0.468. The van der Waals surface area contributed by atoms with Crippen LogP contribution >= 0.6 is 0 Å². The molecule has 94 valence electrons. The summed E-state index contributed by atoms with van der Waals surface area (Å²) in [4.78, 5) is 0. The molecule has 0 bridgehead atoms. The van der Waals surface area contributed by atoms with E-state index < -0.39 is 0 Å². The van der Waals surface area contributed by atoms with Crippen LogP contribution < -0.4 is 0 Å². The zero-order chi connectivity index (χ0) is 13.1. The number of aromatic hydroxyl groups is 2. The molecule has 0 saturated heterocycles. The molecule has 2 nitrogen and oxygen atoms in total. The van der Waals surface area contributed by atoms with Crippen molar-refractivity contribution in [3.63, 3.8) is 0 Å². The third kappa shape index (κ3) is 2.06. The molecule has 2 heteroatoms. The number of aryl methyl sites for hydroxylation is 2. The Kier molecular flexibility index (Phi) is 3.56. The summed E-state index contributed by atoms with van der Waals surface area (Å²) in [5.74, 6) is 0.455. The summed E-state index contributed by atoms with van der Waals surface area (Å²) in [5, 5.41) is 20.2. The molecule has 2 aromatic rings. The van der Waals surface area contributed by atoms with Crippen LogP contribution in [0.2, 0.25) is 0 Å². The predicted octanol–water partition coefficient (Wildman–Crippen LogP) is 3.89. The number of hydrogen-bond donors (Lipinski definition) is 2. The van der Waals surface area contributed by atoms with Gasteiger partial charge in [-0.05, 0) is 36.1 Å². The van der Waals surface area contributed by atoms with Crippen molar-refractivity contribution in [2.24, 2.45) is 0 Å². The van der Waals surface area contributed by atoms with E-state index in [1.165, 1.54) is 0 Å². The Morgan fingerprint density at radius 3 is 1.44 bits per heavy atom.